The average molecular weight is 240 g/mol. The zero-order chi connectivity index (χ0) is 10.0. The Morgan fingerprint density at radius 3 is 2.54 bits per heavy atom. The molecule has 13 heavy (non-hydrogen) atoms. The fourth-order valence-electron chi connectivity index (χ4n) is 0.990. The number of benzene rings is 1. The molecule has 1 aromatic rings. The van der Waals surface area contributed by atoms with E-state index in [0.717, 1.165) is 4.47 Å². The van der Waals surface area contributed by atoms with Crippen LogP contribution in [0.4, 0.5) is 5.69 Å². The summed E-state index contributed by atoms with van der Waals surface area (Å²) < 4.78 is 0.803. The normalized spacial score (nSPS) is 9.69. The number of nitrogens with two attached hydrogens (primary N) is 1. The minimum Gasteiger partial charge on any atom is -0.399 e. The second kappa shape index (κ2) is 3.75. The molecule has 0 heterocycles. The number of nitrogen functional groups attached to an aromatic ring is 1. The van der Waals surface area contributed by atoms with Gasteiger partial charge in [0.25, 0.3) is 0 Å². The number of halogens is 1. The van der Waals surface area contributed by atoms with Crippen LogP contribution in [0.25, 0.3) is 0 Å². The van der Waals surface area contributed by atoms with E-state index in [1.165, 1.54) is 0 Å². The summed E-state index contributed by atoms with van der Waals surface area (Å²) in [5, 5.41) is 0. The average Bonchev–Trinajstić information content (AvgIpc) is 2.01. The van der Waals surface area contributed by atoms with E-state index >= 15 is 0 Å². The fraction of sp³-hybridized carbons (Fsp3) is 0.100. The van der Waals surface area contributed by atoms with E-state index in [-0.39, 0.29) is 5.78 Å². The lowest BCUT2D eigenvalue weighted by atomic mass is 10.1. The van der Waals surface area contributed by atoms with E-state index in [1.54, 1.807) is 25.1 Å². The Balaban J connectivity index is 3.15. The number of Topliss-reactive ketones (excluding diaryl/α,β-unsaturated/α-hetero) is 1. The zero-order valence-corrected chi connectivity index (χ0v) is 8.89. The van der Waals surface area contributed by atoms with Crippen LogP contribution >= 0.6 is 15.9 Å². The first-order valence-electron chi connectivity index (χ1n) is 3.77. The number of ketones is 1. The van der Waals surface area contributed by atoms with Crippen LogP contribution < -0.4 is 5.73 Å². The summed E-state index contributed by atoms with van der Waals surface area (Å²) in [5.41, 5.74) is 7.23. The lowest BCUT2D eigenvalue weighted by Gasteiger charge is -2.02. The van der Waals surface area contributed by atoms with Crippen molar-refractivity contribution in [3.63, 3.8) is 0 Å². The molecule has 0 atom stereocenters. The molecule has 0 aliphatic heterocycles. The maximum atomic E-state index is 11.5. The molecule has 2 N–H and O–H groups in total. The number of anilines is 1. The van der Waals surface area contributed by atoms with Gasteiger partial charge in [0.1, 0.15) is 0 Å². The van der Waals surface area contributed by atoms with E-state index in [1.807, 2.05) is 0 Å². The number of rotatable bonds is 2. The van der Waals surface area contributed by atoms with Gasteiger partial charge in [-0.3, -0.25) is 4.79 Å². The highest BCUT2D eigenvalue weighted by Gasteiger charge is 2.07. The van der Waals surface area contributed by atoms with Crippen LogP contribution in [0.2, 0.25) is 0 Å². The van der Waals surface area contributed by atoms with Gasteiger partial charge in [0, 0.05) is 15.7 Å². The summed E-state index contributed by atoms with van der Waals surface area (Å²) in [6.07, 6.45) is 0. The van der Waals surface area contributed by atoms with E-state index in [2.05, 4.69) is 22.5 Å². The maximum absolute atomic E-state index is 11.5. The van der Waals surface area contributed by atoms with Gasteiger partial charge in [0.2, 0.25) is 0 Å². The van der Waals surface area contributed by atoms with Gasteiger partial charge in [-0.05, 0) is 30.7 Å². The van der Waals surface area contributed by atoms with Gasteiger partial charge in [-0.15, -0.1) is 0 Å². The summed E-state index contributed by atoms with van der Waals surface area (Å²) in [5.74, 6) is -0.0759. The molecular formula is C10H10BrNO. The molecule has 0 aliphatic carbocycles. The summed E-state index contributed by atoms with van der Waals surface area (Å²) >= 11 is 3.27. The van der Waals surface area contributed by atoms with Crippen molar-refractivity contribution in [2.75, 3.05) is 5.73 Å². The first kappa shape index (κ1) is 9.99. The second-order valence-electron chi connectivity index (χ2n) is 2.88. The Labute approximate surface area is 85.6 Å². The molecule has 0 bridgehead atoms. The molecule has 0 spiro atoms. The molecule has 0 saturated heterocycles. The maximum Gasteiger partial charge on any atom is 0.188 e. The lowest BCUT2D eigenvalue weighted by Crippen LogP contribution is -2.00. The molecule has 1 rings (SSSR count). The molecule has 0 amide bonds. The van der Waals surface area contributed by atoms with Crippen molar-refractivity contribution in [3.05, 3.63) is 40.4 Å². The highest BCUT2D eigenvalue weighted by Crippen LogP contribution is 2.19. The number of hydrogen-bond donors (Lipinski definition) is 1. The van der Waals surface area contributed by atoms with Gasteiger partial charge < -0.3 is 5.73 Å². The molecule has 0 unspecified atom stereocenters. The smallest absolute Gasteiger partial charge is 0.188 e. The van der Waals surface area contributed by atoms with Crippen LogP contribution in [-0.2, 0) is 0 Å². The third-order valence-electron chi connectivity index (χ3n) is 1.57. The van der Waals surface area contributed by atoms with Crippen molar-refractivity contribution in [1.29, 1.82) is 0 Å². The van der Waals surface area contributed by atoms with Gasteiger partial charge in [-0.25, -0.2) is 0 Å². The lowest BCUT2D eigenvalue weighted by molar-refractivity contribution is 0.103. The van der Waals surface area contributed by atoms with Gasteiger partial charge in [-0.1, -0.05) is 22.5 Å². The van der Waals surface area contributed by atoms with Crippen LogP contribution in [0.5, 0.6) is 0 Å². The van der Waals surface area contributed by atoms with E-state index in [4.69, 9.17) is 5.73 Å². The predicted molar refractivity (Wildman–Crippen MR) is 57.7 cm³/mol. The van der Waals surface area contributed by atoms with Crippen molar-refractivity contribution in [1.82, 2.24) is 0 Å². The highest BCUT2D eigenvalue weighted by atomic mass is 79.9. The van der Waals surface area contributed by atoms with Crippen LogP contribution in [0, 0.1) is 0 Å². The summed E-state index contributed by atoms with van der Waals surface area (Å²) in [7, 11) is 0. The van der Waals surface area contributed by atoms with Crippen molar-refractivity contribution in [2.24, 2.45) is 0 Å². The zero-order valence-electron chi connectivity index (χ0n) is 7.30. The van der Waals surface area contributed by atoms with Gasteiger partial charge in [0.05, 0.1) is 0 Å². The minimum absolute atomic E-state index is 0.0759. The van der Waals surface area contributed by atoms with E-state index in [9.17, 15) is 4.79 Å². The Morgan fingerprint density at radius 1 is 1.46 bits per heavy atom. The molecule has 0 aromatic heterocycles. The van der Waals surface area contributed by atoms with Crippen LogP contribution in [-0.4, -0.2) is 5.78 Å². The van der Waals surface area contributed by atoms with Gasteiger partial charge in [-0.2, -0.15) is 0 Å². The number of carbonyl (C=O) groups is 1. The van der Waals surface area contributed by atoms with Crippen molar-refractivity contribution < 1.29 is 4.79 Å². The van der Waals surface area contributed by atoms with E-state index in [0.29, 0.717) is 16.8 Å². The summed E-state index contributed by atoms with van der Waals surface area (Å²) in [6, 6.07) is 5.12. The topological polar surface area (TPSA) is 43.1 Å². The Morgan fingerprint density at radius 2 is 2.08 bits per heavy atom. The van der Waals surface area contributed by atoms with Crippen LogP contribution in [0.15, 0.2) is 34.8 Å². The third-order valence-corrected chi connectivity index (χ3v) is 2.03. The fourth-order valence-corrected chi connectivity index (χ4v) is 1.50. The summed E-state index contributed by atoms with van der Waals surface area (Å²) in [4.78, 5) is 11.5. The monoisotopic (exact) mass is 239 g/mol. The molecule has 0 aliphatic rings. The summed E-state index contributed by atoms with van der Waals surface area (Å²) in [6.45, 7) is 5.27. The second-order valence-corrected chi connectivity index (χ2v) is 3.80. The molecule has 0 saturated carbocycles. The molecule has 0 fully saturated rings. The molecule has 2 nitrogen and oxygen atoms in total. The van der Waals surface area contributed by atoms with E-state index < -0.39 is 0 Å². The quantitative estimate of drug-likeness (QED) is 0.490. The molecular weight excluding hydrogens is 230 g/mol. The highest BCUT2D eigenvalue weighted by molar-refractivity contribution is 9.10. The minimum atomic E-state index is -0.0759. The molecule has 3 heteroatoms. The van der Waals surface area contributed by atoms with Crippen LogP contribution in [0.3, 0.4) is 0 Å². The van der Waals surface area contributed by atoms with Gasteiger partial charge >= 0.3 is 0 Å². The Kier molecular flexibility index (Phi) is 2.88. The number of hydrogen-bond acceptors (Lipinski definition) is 2. The first-order valence-corrected chi connectivity index (χ1v) is 4.56. The molecule has 68 valence electrons. The number of allylic oxidation sites excluding steroid dienone is 1. The standard InChI is InChI=1S/C10H10BrNO/c1-6(2)10(13)7-3-8(11)5-9(12)4-7/h3-5H,1,12H2,2H3. The van der Waals surface area contributed by atoms with Crippen molar-refractivity contribution in [2.45, 2.75) is 6.92 Å². The first-order chi connectivity index (χ1) is 6.00. The third kappa shape index (κ3) is 2.42. The van der Waals surface area contributed by atoms with Crippen molar-refractivity contribution in [3.8, 4) is 0 Å². The Hall–Kier alpha value is -1.09. The molecule has 0 radical (unpaired) electrons. The van der Waals surface area contributed by atoms with Crippen molar-refractivity contribution >= 4 is 27.4 Å². The largest absolute Gasteiger partial charge is 0.399 e. The van der Waals surface area contributed by atoms with Crippen LogP contribution in [0.1, 0.15) is 17.3 Å². The molecule has 1 aromatic carbocycles. The van der Waals surface area contributed by atoms with Gasteiger partial charge in [0.15, 0.2) is 5.78 Å². The number of carbonyl (C=O) groups excluding carboxylic acids is 1. The Bertz CT molecular complexity index is 351. The SMILES string of the molecule is C=C(C)C(=O)c1cc(N)cc(Br)c1. The predicted octanol–water partition coefficient (Wildman–Crippen LogP) is 2.79.